The van der Waals surface area contributed by atoms with Gasteiger partial charge in [0.25, 0.3) is 10.1 Å². The number of nitrogens with zero attached hydrogens (tertiary/aromatic N) is 1. The van der Waals surface area contributed by atoms with Gasteiger partial charge in [0.1, 0.15) is 11.0 Å². The Hall–Kier alpha value is -1.11. The van der Waals surface area contributed by atoms with Gasteiger partial charge in [-0.1, -0.05) is 32.0 Å². The molecular formula is C13H21NO4S. The molecule has 0 saturated heterocycles. The summed E-state index contributed by atoms with van der Waals surface area (Å²) in [6.07, 6.45) is -0.715. The molecule has 0 aliphatic heterocycles. The molecule has 0 amide bonds. The summed E-state index contributed by atoms with van der Waals surface area (Å²) < 4.78 is 37.7. The third kappa shape index (κ3) is 4.49. The van der Waals surface area contributed by atoms with Crippen LogP contribution in [0, 0.1) is 0 Å². The quantitative estimate of drug-likeness (QED) is 0.614. The van der Waals surface area contributed by atoms with Crippen LogP contribution in [0.5, 0.6) is 5.75 Å². The summed E-state index contributed by atoms with van der Waals surface area (Å²) in [7, 11) is -4.15. The maximum atomic E-state index is 11.3. The lowest BCUT2D eigenvalue weighted by Gasteiger charge is -2.32. The predicted molar refractivity (Wildman–Crippen MR) is 74.8 cm³/mol. The molecule has 1 aromatic carbocycles. The van der Waals surface area contributed by atoms with Crippen molar-refractivity contribution in [3.63, 3.8) is 0 Å². The number of rotatable bonds is 7. The maximum absolute atomic E-state index is 11.3. The summed E-state index contributed by atoms with van der Waals surface area (Å²) in [5, 5.41) is -1.02. The van der Waals surface area contributed by atoms with Crippen molar-refractivity contribution in [1.29, 1.82) is 0 Å². The van der Waals surface area contributed by atoms with Gasteiger partial charge in [-0.25, -0.2) is 0 Å². The second-order valence-corrected chi connectivity index (χ2v) is 6.04. The fourth-order valence-corrected chi connectivity index (χ4v) is 2.36. The van der Waals surface area contributed by atoms with Crippen molar-refractivity contribution < 1.29 is 17.7 Å². The molecule has 0 fully saturated rings. The lowest BCUT2D eigenvalue weighted by atomic mass is 10.3. The van der Waals surface area contributed by atoms with Gasteiger partial charge in [0.15, 0.2) is 6.23 Å². The molecule has 0 radical (unpaired) electrons. The van der Waals surface area contributed by atoms with E-state index >= 15 is 0 Å². The molecule has 1 aromatic rings. The molecule has 0 aromatic heterocycles. The van der Waals surface area contributed by atoms with Gasteiger partial charge in [-0.05, 0) is 32.1 Å². The van der Waals surface area contributed by atoms with E-state index < -0.39 is 21.6 Å². The Morgan fingerprint density at radius 2 is 1.74 bits per heavy atom. The highest BCUT2D eigenvalue weighted by Gasteiger charge is 2.33. The zero-order chi connectivity index (χ0) is 14.5. The first-order valence-electron chi connectivity index (χ1n) is 6.32. The molecule has 19 heavy (non-hydrogen) atoms. The maximum Gasteiger partial charge on any atom is 0.272 e. The molecule has 0 heterocycles. The third-order valence-corrected chi connectivity index (χ3v) is 4.22. The Balaban J connectivity index is 2.99. The SMILES string of the molecule is CCN(CC)C(Oc1ccccc1)C(C)S(=O)(=O)O. The van der Waals surface area contributed by atoms with E-state index in [0.717, 1.165) is 0 Å². The largest absolute Gasteiger partial charge is 0.474 e. The van der Waals surface area contributed by atoms with Crippen LogP contribution in [0.2, 0.25) is 0 Å². The summed E-state index contributed by atoms with van der Waals surface area (Å²) in [4.78, 5) is 1.85. The molecular weight excluding hydrogens is 266 g/mol. The van der Waals surface area contributed by atoms with E-state index in [1.807, 2.05) is 36.9 Å². The average molecular weight is 287 g/mol. The number of hydrogen-bond acceptors (Lipinski definition) is 4. The van der Waals surface area contributed by atoms with Crippen molar-refractivity contribution in [2.24, 2.45) is 0 Å². The summed E-state index contributed by atoms with van der Waals surface area (Å²) in [5.74, 6) is 0.579. The molecule has 0 spiro atoms. The lowest BCUT2D eigenvalue weighted by molar-refractivity contribution is 0.0309. The van der Waals surface area contributed by atoms with Crippen LogP contribution in [-0.2, 0) is 10.1 Å². The molecule has 0 saturated carbocycles. The summed E-state index contributed by atoms with van der Waals surface area (Å²) >= 11 is 0. The Morgan fingerprint density at radius 3 is 2.16 bits per heavy atom. The fraction of sp³-hybridized carbons (Fsp3) is 0.538. The number of ether oxygens (including phenoxy) is 1. The van der Waals surface area contributed by atoms with E-state index in [1.165, 1.54) is 6.92 Å². The topological polar surface area (TPSA) is 66.8 Å². The van der Waals surface area contributed by atoms with Crippen molar-refractivity contribution in [2.45, 2.75) is 32.2 Å². The minimum Gasteiger partial charge on any atom is -0.474 e. The summed E-state index contributed by atoms with van der Waals surface area (Å²) in [6, 6.07) is 8.99. The number of para-hydroxylation sites is 1. The van der Waals surface area contributed by atoms with Crippen LogP contribution in [0.1, 0.15) is 20.8 Å². The van der Waals surface area contributed by atoms with Crippen molar-refractivity contribution in [3.8, 4) is 5.75 Å². The van der Waals surface area contributed by atoms with E-state index in [-0.39, 0.29) is 0 Å². The van der Waals surface area contributed by atoms with Crippen LogP contribution in [0.3, 0.4) is 0 Å². The second-order valence-electron chi connectivity index (χ2n) is 4.26. The molecule has 1 rings (SSSR count). The first-order valence-corrected chi connectivity index (χ1v) is 7.82. The van der Waals surface area contributed by atoms with Crippen molar-refractivity contribution in [1.82, 2.24) is 4.90 Å². The Morgan fingerprint density at radius 1 is 1.21 bits per heavy atom. The first kappa shape index (κ1) is 15.9. The highest BCUT2D eigenvalue weighted by Crippen LogP contribution is 2.18. The minimum absolute atomic E-state index is 0.579. The van der Waals surface area contributed by atoms with Gasteiger partial charge in [-0.15, -0.1) is 0 Å². The standard InChI is InChI=1S/C13H21NO4S/c1-4-14(5-2)13(11(3)19(15,16)17)18-12-9-7-6-8-10-12/h6-11,13H,4-5H2,1-3H3,(H,15,16,17). The van der Waals surface area contributed by atoms with E-state index in [0.29, 0.717) is 18.8 Å². The monoisotopic (exact) mass is 287 g/mol. The van der Waals surface area contributed by atoms with Crippen LogP contribution in [-0.4, -0.2) is 42.4 Å². The Kier molecular flexibility index (Phi) is 5.78. The molecule has 2 unspecified atom stereocenters. The first-order chi connectivity index (χ1) is 8.90. The summed E-state index contributed by atoms with van der Waals surface area (Å²) in [6.45, 7) is 6.55. The normalized spacial score (nSPS) is 15.2. The van der Waals surface area contributed by atoms with Crippen molar-refractivity contribution in [2.75, 3.05) is 13.1 Å². The molecule has 2 atom stereocenters. The second kappa shape index (κ2) is 6.88. The van der Waals surface area contributed by atoms with Gasteiger partial charge in [0.2, 0.25) is 0 Å². The van der Waals surface area contributed by atoms with Gasteiger partial charge >= 0.3 is 0 Å². The highest BCUT2D eigenvalue weighted by atomic mass is 32.2. The molecule has 108 valence electrons. The summed E-state index contributed by atoms with van der Waals surface area (Å²) in [5.41, 5.74) is 0. The molecule has 6 heteroatoms. The van der Waals surface area contributed by atoms with E-state index in [9.17, 15) is 13.0 Å². The molecule has 0 aliphatic carbocycles. The van der Waals surface area contributed by atoms with Crippen LogP contribution in [0.15, 0.2) is 30.3 Å². The van der Waals surface area contributed by atoms with Gasteiger partial charge in [0, 0.05) is 0 Å². The van der Waals surface area contributed by atoms with Gasteiger partial charge < -0.3 is 4.74 Å². The molecule has 0 aliphatic rings. The number of benzene rings is 1. The minimum atomic E-state index is -4.15. The van der Waals surface area contributed by atoms with E-state index in [4.69, 9.17) is 4.74 Å². The predicted octanol–water partition coefficient (Wildman–Crippen LogP) is 2.01. The highest BCUT2D eigenvalue weighted by molar-refractivity contribution is 7.86. The van der Waals surface area contributed by atoms with Crippen LogP contribution < -0.4 is 4.74 Å². The smallest absolute Gasteiger partial charge is 0.272 e. The molecule has 1 N–H and O–H groups in total. The Bertz CT molecular complexity index is 471. The molecule has 0 bridgehead atoms. The van der Waals surface area contributed by atoms with E-state index in [1.54, 1.807) is 12.1 Å². The van der Waals surface area contributed by atoms with Crippen molar-refractivity contribution >= 4 is 10.1 Å². The van der Waals surface area contributed by atoms with Crippen molar-refractivity contribution in [3.05, 3.63) is 30.3 Å². The van der Waals surface area contributed by atoms with E-state index in [2.05, 4.69) is 0 Å². The van der Waals surface area contributed by atoms with Crippen LogP contribution in [0.25, 0.3) is 0 Å². The van der Waals surface area contributed by atoms with Gasteiger partial charge in [0.05, 0.1) is 0 Å². The lowest BCUT2D eigenvalue weighted by Crippen LogP contribution is -2.49. The van der Waals surface area contributed by atoms with Crippen LogP contribution >= 0.6 is 0 Å². The average Bonchev–Trinajstić information content (AvgIpc) is 2.38. The fourth-order valence-electron chi connectivity index (χ4n) is 1.84. The zero-order valence-electron chi connectivity index (χ0n) is 11.5. The van der Waals surface area contributed by atoms with Crippen LogP contribution in [0.4, 0.5) is 0 Å². The Labute approximate surface area is 114 Å². The molecule has 5 nitrogen and oxygen atoms in total. The third-order valence-electron chi connectivity index (χ3n) is 3.04. The van der Waals surface area contributed by atoms with Gasteiger partial charge in [-0.2, -0.15) is 8.42 Å². The van der Waals surface area contributed by atoms with Gasteiger partial charge in [-0.3, -0.25) is 9.45 Å². The zero-order valence-corrected chi connectivity index (χ0v) is 12.3. The number of hydrogen-bond donors (Lipinski definition) is 1.